The topological polar surface area (TPSA) is 54.3 Å². The summed E-state index contributed by atoms with van der Waals surface area (Å²) in [6.07, 6.45) is 0.383. The summed E-state index contributed by atoms with van der Waals surface area (Å²) in [5.41, 5.74) is 3.13. The van der Waals surface area contributed by atoms with Gasteiger partial charge in [-0.05, 0) is 51.0 Å². The van der Waals surface area contributed by atoms with Crippen LogP contribution in [-0.2, 0) is 9.59 Å². The number of aromatic nitrogens is 1. The van der Waals surface area contributed by atoms with Gasteiger partial charge in [0.2, 0.25) is 11.8 Å². The monoisotopic (exact) mass is 403 g/mol. The third-order valence-electron chi connectivity index (χ3n) is 5.26. The van der Waals surface area contributed by atoms with Gasteiger partial charge < -0.3 is 9.88 Å². The van der Waals surface area contributed by atoms with E-state index in [1.54, 1.807) is 4.90 Å². The fraction of sp³-hybridized carbons (Fsp3) is 0.360. The van der Waals surface area contributed by atoms with Crippen LogP contribution in [0.3, 0.4) is 0 Å². The quantitative estimate of drug-likeness (QED) is 0.671. The van der Waals surface area contributed by atoms with Gasteiger partial charge in [0, 0.05) is 17.3 Å². The molecular weight excluding hydrogens is 374 g/mol. The van der Waals surface area contributed by atoms with Gasteiger partial charge in [0.25, 0.3) is 0 Å². The number of fused-ring (bicyclic) bond motifs is 5. The van der Waals surface area contributed by atoms with E-state index in [2.05, 4.69) is 16.0 Å². The average Bonchev–Trinajstić information content (AvgIpc) is 3.04. The molecule has 2 heterocycles. The predicted molar refractivity (Wildman–Crippen MR) is 121 cm³/mol. The van der Waals surface area contributed by atoms with E-state index in [0.717, 1.165) is 28.0 Å². The van der Waals surface area contributed by atoms with E-state index >= 15 is 0 Å². The van der Waals surface area contributed by atoms with Crippen molar-refractivity contribution in [1.29, 1.82) is 0 Å². The van der Waals surface area contributed by atoms with Crippen LogP contribution < -0.4 is 10.2 Å². The summed E-state index contributed by atoms with van der Waals surface area (Å²) in [6, 6.07) is 17.2. The summed E-state index contributed by atoms with van der Waals surface area (Å²) in [5.74, 6) is -0.00930. The van der Waals surface area contributed by atoms with Crippen molar-refractivity contribution in [2.75, 3.05) is 4.90 Å². The Morgan fingerprint density at radius 1 is 1.00 bits per heavy atom. The summed E-state index contributed by atoms with van der Waals surface area (Å²) in [6.45, 7) is 9.91. The number of hydrogen-bond donors (Lipinski definition) is 1. The number of benzene rings is 2. The van der Waals surface area contributed by atoms with Gasteiger partial charge in [0.05, 0.1) is 22.6 Å². The lowest BCUT2D eigenvalue weighted by Crippen LogP contribution is -2.51. The molecule has 1 unspecified atom stereocenters. The van der Waals surface area contributed by atoms with Crippen LogP contribution in [0.1, 0.15) is 52.8 Å². The number of hydrogen-bond acceptors (Lipinski definition) is 2. The summed E-state index contributed by atoms with van der Waals surface area (Å²) < 4.78 is 2.12. The van der Waals surface area contributed by atoms with E-state index in [0.29, 0.717) is 6.42 Å². The molecule has 0 bridgehead atoms. The van der Waals surface area contributed by atoms with Crippen LogP contribution in [0.4, 0.5) is 5.69 Å². The Hall–Kier alpha value is -3.08. The van der Waals surface area contributed by atoms with E-state index in [1.165, 1.54) is 0 Å². The highest BCUT2D eigenvalue weighted by molar-refractivity contribution is 6.05. The molecule has 0 fully saturated rings. The van der Waals surface area contributed by atoms with E-state index in [4.69, 9.17) is 0 Å². The van der Waals surface area contributed by atoms with E-state index in [9.17, 15) is 9.59 Å². The molecule has 1 N–H and O–H groups in total. The van der Waals surface area contributed by atoms with Crippen molar-refractivity contribution in [3.05, 3.63) is 60.3 Å². The Bertz CT molecular complexity index is 1120. The van der Waals surface area contributed by atoms with Crippen LogP contribution in [0.15, 0.2) is 54.6 Å². The average molecular weight is 404 g/mol. The zero-order valence-corrected chi connectivity index (χ0v) is 18.3. The minimum atomic E-state index is -0.724. The number of anilines is 1. The number of nitrogens with zero attached hydrogens (tertiary/aromatic N) is 2. The van der Waals surface area contributed by atoms with E-state index in [1.807, 2.05) is 83.1 Å². The zero-order valence-electron chi connectivity index (χ0n) is 18.3. The molecule has 2 amide bonds. The molecular formula is C25H29N3O2. The maximum absolute atomic E-state index is 13.5. The summed E-state index contributed by atoms with van der Waals surface area (Å²) in [4.78, 5) is 28.7. The van der Waals surface area contributed by atoms with Crippen LogP contribution in [0.5, 0.6) is 0 Å². The second-order valence-corrected chi connectivity index (χ2v) is 9.46. The Balaban J connectivity index is 1.97. The van der Waals surface area contributed by atoms with Crippen molar-refractivity contribution in [3.8, 4) is 5.69 Å². The lowest BCUT2D eigenvalue weighted by molar-refractivity contribution is -0.128. The largest absolute Gasteiger partial charge is 0.349 e. The number of rotatable bonds is 3. The molecule has 0 radical (unpaired) electrons. The second kappa shape index (κ2) is 7.31. The van der Waals surface area contributed by atoms with E-state index < -0.39 is 11.6 Å². The first kappa shape index (κ1) is 20.2. The van der Waals surface area contributed by atoms with Gasteiger partial charge in [-0.15, -0.1) is 0 Å². The Morgan fingerprint density at radius 3 is 2.30 bits per heavy atom. The van der Waals surface area contributed by atoms with Crippen molar-refractivity contribution in [1.82, 2.24) is 9.88 Å². The number of para-hydroxylation sites is 3. The fourth-order valence-electron chi connectivity index (χ4n) is 4.19. The van der Waals surface area contributed by atoms with E-state index in [-0.39, 0.29) is 17.7 Å². The molecule has 4 rings (SSSR count). The van der Waals surface area contributed by atoms with Crippen LogP contribution in [0.25, 0.3) is 16.6 Å². The molecule has 0 aliphatic carbocycles. The first-order chi connectivity index (χ1) is 14.2. The molecule has 5 nitrogen and oxygen atoms in total. The van der Waals surface area contributed by atoms with Gasteiger partial charge in [-0.3, -0.25) is 14.5 Å². The van der Waals surface area contributed by atoms with Crippen molar-refractivity contribution >= 4 is 28.4 Å². The highest BCUT2D eigenvalue weighted by atomic mass is 16.2. The van der Waals surface area contributed by atoms with Crippen molar-refractivity contribution in [3.63, 3.8) is 0 Å². The Morgan fingerprint density at radius 2 is 1.63 bits per heavy atom. The maximum atomic E-state index is 13.5. The fourth-order valence-corrected chi connectivity index (χ4v) is 4.19. The molecule has 2 aromatic carbocycles. The molecule has 1 atom stereocenters. The van der Waals surface area contributed by atoms with Crippen molar-refractivity contribution in [2.45, 2.75) is 52.6 Å². The Kier molecular flexibility index (Phi) is 4.92. The van der Waals surface area contributed by atoms with Gasteiger partial charge in [-0.1, -0.05) is 44.2 Å². The molecule has 30 heavy (non-hydrogen) atoms. The molecule has 0 saturated carbocycles. The lowest BCUT2D eigenvalue weighted by Gasteiger charge is -2.39. The third kappa shape index (κ3) is 3.49. The standard InChI is InChI=1S/C25H29N3O2/c1-16(2)14-22(29)28-20-13-9-8-12-19(20)27-18-11-7-6-10-17(18)15-21(27)23(28)24(30)26-25(3,4)5/h6-13,15-16,23H,14H2,1-5H3,(H,26,30). The number of amides is 2. The molecule has 1 aliphatic rings. The van der Waals surface area contributed by atoms with Gasteiger partial charge in [-0.25, -0.2) is 0 Å². The number of carbonyl (C=O) groups excluding carboxylic acids is 2. The van der Waals surface area contributed by atoms with Gasteiger partial charge in [-0.2, -0.15) is 0 Å². The summed E-state index contributed by atoms with van der Waals surface area (Å²) >= 11 is 0. The van der Waals surface area contributed by atoms with Crippen LogP contribution in [-0.4, -0.2) is 21.9 Å². The molecule has 156 valence electrons. The van der Waals surface area contributed by atoms with Crippen LogP contribution in [0, 0.1) is 5.92 Å². The second-order valence-electron chi connectivity index (χ2n) is 9.46. The highest BCUT2D eigenvalue weighted by Gasteiger charge is 2.41. The SMILES string of the molecule is CC(C)CC(=O)N1c2ccccc2-n2c(cc3ccccc32)C1C(=O)NC(C)(C)C. The number of nitrogens with one attached hydrogen (secondary N) is 1. The molecule has 1 aliphatic heterocycles. The first-order valence-electron chi connectivity index (χ1n) is 10.5. The van der Waals surface area contributed by atoms with Gasteiger partial charge >= 0.3 is 0 Å². The predicted octanol–water partition coefficient (Wildman–Crippen LogP) is 4.98. The minimum absolute atomic E-state index is 0.0389. The lowest BCUT2D eigenvalue weighted by atomic mass is 10.0. The molecule has 0 saturated heterocycles. The number of carbonyl (C=O) groups is 2. The van der Waals surface area contributed by atoms with Gasteiger partial charge in [0.1, 0.15) is 0 Å². The smallest absolute Gasteiger partial charge is 0.249 e. The maximum Gasteiger partial charge on any atom is 0.249 e. The Labute approximate surface area is 177 Å². The first-order valence-corrected chi connectivity index (χ1v) is 10.5. The third-order valence-corrected chi connectivity index (χ3v) is 5.26. The molecule has 1 aromatic heterocycles. The van der Waals surface area contributed by atoms with Crippen LogP contribution in [0.2, 0.25) is 0 Å². The summed E-state index contributed by atoms with van der Waals surface area (Å²) in [5, 5.41) is 4.15. The van der Waals surface area contributed by atoms with Crippen LogP contribution >= 0.6 is 0 Å². The van der Waals surface area contributed by atoms with Crippen molar-refractivity contribution in [2.24, 2.45) is 5.92 Å². The minimum Gasteiger partial charge on any atom is -0.349 e. The highest BCUT2D eigenvalue weighted by Crippen LogP contribution is 2.43. The summed E-state index contributed by atoms with van der Waals surface area (Å²) in [7, 11) is 0. The normalized spacial score (nSPS) is 15.8. The molecule has 5 heteroatoms. The molecule has 3 aromatic rings. The molecule has 0 spiro atoms. The van der Waals surface area contributed by atoms with Crippen molar-refractivity contribution < 1.29 is 9.59 Å². The zero-order chi connectivity index (χ0) is 21.6. The van der Waals surface area contributed by atoms with Gasteiger partial charge in [0.15, 0.2) is 6.04 Å².